The minimum absolute atomic E-state index is 0.0245. The van der Waals surface area contributed by atoms with Crippen LogP contribution in [0.4, 0.5) is 11.5 Å². The first kappa shape index (κ1) is 39.8. The second-order valence-corrected chi connectivity index (χ2v) is 17.7. The fraction of sp³-hybridized carbons (Fsp3) is 0.500. The van der Waals surface area contributed by atoms with Gasteiger partial charge < -0.3 is 24.8 Å². The van der Waals surface area contributed by atoms with E-state index in [4.69, 9.17) is 21.6 Å². The topological polar surface area (TPSA) is 181 Å². The molecule has 3 aromatic rings. The fourth-order valence-electron chi connectivity index (χ4n) is 9.88. The van der Waals surface area contributed by atoms with E-state index < -0.39 is 23.8 Å². The number of piperidine rings is 3. The highest BCUT2D eigenvalue weighted by Gasteiger charge is 2.47. The molecule has 2 aromatic carbocycles. The summed E-state index contributed by atoms with van der Waals surface area (Å²) in [4.78, 5) is 80.8. The zero-order chi connectivity index (χ0) is 41.5. The Balaban J connectivity index is 0.683. The van der Waals surface area contributed by atoms with Crippen molar-refractivity contribution in [2.24, 2.45) is 11.3 Å². The van der Waals surface area contributed by atoms with E-state index in [2.05, 4.69) is 41.4 Å². The fourth-order valence-corrected chi connectivity index (χ4v) is 10.1. The standard InChI is InChI=1S/C44H48ClN9O6/c45-35-20-32(5-1-28(35)21-46)60-31-6-2-29(3-7-31)49-40(56)36-22-48-38(23-47-36)52-15-11-27(12-16-52)24-51-17-13-44(14-18-51)25-53(26-44)30-4-8-33-34(19-30)43(59)54(42(33)58)37-9-10-39(55)50-41(37)57/h1,4-5,8,19-20,22-23,27,29,31,37H,2-3,6-7,9-18,24-26H2,(H,49,56)(H,50,55,57). The van der Waals surface area contributed by atoms with Crippen molar-refractivity contribution >= 4 is 52.6 Å². The number of likely N-dealkylation sites (tertiary alicyclic amines) is 1. The van der Waals surface area contributed by atoms with Gasteiger partial charge in [0.15, 0.2) is 0 Å². The minimum atomic E-state index is -0.966. The molecule has 16 heteroatoms. The number of carbonyl (C=O) groups excluding carboxylic acids is 5. The number of fused-ring (bicyclic) bond motifs is 1. The molecule has 1 unspecified atom stereocenters. The van der Waals surface area contributed by atoms with Crippen LogP contribution in [0, 0.1) is 22.7 Å². The molecule has 0 radical (unpaired) electrons. The first-order valence-electron chi connectivity index (χ1n) is 21.1. The van der Waals surface area contributed by atoms with Gasteiger partial charge in [0.2, 0.25) is 11.8 Å². The summed E-state index contributed by atoms with van der Waals surface area (Å²) in [6.07, 6.45) is 11.1. The average molecular weight is 834 g/mol. The molecule has 4 saturated heterocycles. The van der Waals surface area contributed by atoms with Gasteiger partial charge in [-0.15, -0.1) is 0 Å². The molecule has 312 valence electrons. The molecular weight excluding hydrogens is 786 g/mol. The number of amides is 5. The predicted octanol–water partition coefficient (Wildman–Crippen LogP) is 4.34. The number of hydrogen-bond acceptors (Lipinski definition) is 12. The number of benzene rings is 2. The molecule has 15 nitrogen and oxygen atoms in total. The number of halogens is 1. The summed E-state index contributed by atoms with van der Waals surface area (Å²) in [7, 11) is 0. The Morgan fingerprint density at radius 1 is 0.883 bits per heavy atom. The average Bonchev–Trinajstić information content (AvgIpc) is 3.49. The summed E-state index contributed by atoms with van der Waals surface area (Å²) < 4.78 is 6.09. The number of anilines is 2. The molecule has 1 aliphatic carbocycles. The van der Waals surface area contributed by atoms with Crippen LogP contribution >= 0.6 is 11.6 Å². The lowest BCUT2D eigenvalue weighted by Crippen LogP contribution is -2.60. The van der Waals surface area contributed by atoms with Crippen molar-refractivity contribution in [1.29, 1.82) is 5.26 Å². The Morgan fingerprint density at radius 2 is 1.63 bits per heavy atom. The molecule has 1 atom stereocenters. The maximum Gasteiger partial charge on any atom is 0.271 e. The molecule has 9 rings (SSSR count). The molecule has 1 spiro atoms. The third-order valence-electron chi connectivity index (χ3n) is 13.5. The maximum absolute atomic E-state index is 13.3. The van der Waals surface area contributed by atoms with Gasteiger partial charge in [0.05, 0.1) is 40.2 Å². The van der Waals surface area contributed by atoms with Gasteiger partial charge in [-0.1, -0.05) is 11.6 Å². The van der Waals surface area contributed by atoms with E-state index in [9.17, 15) is 24.0 Å². The number of carbonyl (C=O) groups is 5. The number of ether oxygens (including phenoxy) is 1. The monoisotopic (exact) mass is 833 g/mol. The zero-order valence-electron chi connectivity index (χ0n) is 33.4. The van der Waals surface area contributed by atoms with Crippen molar-refractivity contribution in [3.05, 3.63) is 76.2 Å². The lowest BCUT2D eigenvalue weighted by Gasteiger charge is -2.55. The lowest BCUT2D eigenvalue weighted by molar-refractivity contribution is -0.136. The van der Waals surface area contributed by atoms with Crippen LogP contribution in [0.1, 0.15) is 101 Å². The van der Waals surface area contributed by atoms with Crippen LogP contribution in [0.25, 0.3) is 0 Å². The number of rotatable bonds is 9. The Morgan fingerprint density at radius 3 is 2.32 bits per heavy atom. The Hall–Kier alpha value is -5.59. The number of aromatic nitrogens is 2. The van der Waals surface area contributed by atoms with Crippen LogP contribution in [-0.4, -0.2) is 113 Å². The van der Waals surface area contributed by atoms with E-state index in [1.165, 1.54) is 0 Å². The number of nitrogens with zero attached hydrogens (tertiary/aromatic N) is 7. The molecule has 0 bridgehead atoms. The van der Waals surface area contributed by atoms with E-state index in [0.717, 1.165) is 114 Å². The molecule has 6 heterocycles. The first-order valence-corrected chi connectivity index (χ1v) is 21.5. The Bertz CT molecular complexity index is 2230. The van der Waals surface area contributed by atoms with Crippen LogP contribution in [0.5, 0.6) is 5.75 Å². The van der Waals surface area contributed by atoms with Gasteiger partial charge in [-0.2, -0.15) is 5.26 Å². The quantitative estimate of drug-likeness (QED) is 0.292. The van der Waals surface area contributed by atoms with Crippen molar-refractivity contribution in [1.82, 2.24) is 30.4 Å². The third kappa shape index (κ3) is 8.02. The molecule has 60 heavy (non-hydrogen) atoms. The van der Waals surface area contributed by atoms with E-state index in [1.54, 1.807) is 42.7 Å². The highest BCUT2D eigenvalue weighted by molar-refractivity contribution is 6.31. The van der Waals surface area contributed by atoms with Crippen LogP contribution in [-0.2, 0) is 9.59 Å². The van der Waals surface area contributed by atoms with Gasteiger partial charge in [0.1, 0.15) is 29.4 Å². The van der Waals surface area contributed by atoms with Crippen molar-refractivity contribution in [3.8, 4) is 11.8 Å². The molecule has 1 saturated carbocycles. The Labute approximate surface area is 353 Å². The summed E-state index contributed by atoms with van der Waals surface area (Å²) in [6, 6.07) is 11.6. The zero-order valence-corrected chi connectivity index (χ0v) is 34.2. The Kier molecular flexibility index (Phi) is 10.9. The third-order valence-corrected chi connectivity index (χ3v) is 13.8. The van der Waals surface area contributed by atoms with Gasteiger partial charge in [0, 0.05) is 62.4 Å². The normalized spacial score (nSPS) is 24.5. The lowest BCUT2D eigenvalue weighted by atomic mass is 9.71. The maximum atomic E-state index is 13.3. The highest BCUT2D eigenvalue weighted by atomic mass is 35.5. The van der Waals surface area contributed by atoms with Gasteiger partial charge >= 0.3 is 0 Å². The second-order valence-electron chi connectivity index (χ2n) is 17.3. The largest absolute Gasteiger partial charge is 0.490 e. The minimum Gasteiger partial charge on any atom is -0.490 e. The van der Waals surface area contributed by atoms with Crippen LogP contribution in [0.3, 0.4) is 0 Å². The molecular formula is C44H48ClN9O6. The number of nitriles is 1. The van der Waals surface area contributed by atoms with E-state index in [-0.39, 0.29) is 42.2 Å². The van der Waals surface area contributed by atoms with Crippen molar-refractivity contribution in [2.75, 3.05) is 55.6 Å². The van der Waals surface area contributed by atoms with Gasteiger partial charge in [0.25, 0.3) is 17.7 Å². The second kappa shape index (κ2) is 16.5. The summed E-state index contributed by atoms with van der Waals surface area (Å²) in [5, 5.41) is 14.8. The molecule has 5 aliphatic heterocycles. The molecule has 5 amide bonds. The van der Waals surface area contributed by atoms with Crippen molar-refractivity contribution < 1.29 is 28.7 Å². The van der Waals surface area contributed by atoms with E-state index in [0.29, 0.717) is 39.1 Å². The number of nitrogens with one attached hydrogen (secondary N) is 2. The summed E-state index contributed by atoms with van der Waals surface area (Å²) in [6.45, 7) is 6.83. The predicted molar refractivity (Wildman–Crippen MR) is 221 cm³/mol. The first-order chi connectivity index (χ1) is 29.0. The summed E-state index contributed by atoms with van der Waals surface area (Å²) >= 11 is 6.15. The van der Waals surface area contributed by atoms with Crippen LogP contribution in [0.15, 0.2) is 48.8 Å². The van der Waals surface area contributed by atoms with Crippen molar-refractivity contribution in [3.63, 3.8) is 0 Å². The SMILES string of the molecule is N#Cc1ccc(OC2CCC(NC(=O)c3cnc(N4CCC(CN5CCC6(CC5)CN(c5ccc7c(c5)C(=O)N(C5CCC(=O)NC5=O)C7=O)C6)CC4)cn3)CC2)cc1Cl. The number of hydrogen-bond donors (Lipinski definition) is 2. The summed E-state index contributed by atoms with van der Waals surface area (Å²) in [5.74, 6) is -0.108. The highest BCUT2D eigenvalue weighted by Crippen LogP contribution is 2.44. The van der Waals surface area contributed by atoms with E-state index >= 15 is 0 Å². The number of imide groups is 2. The smallest absolute Gasteiger partial charge is 0.271 e. The van der Waals surface area contributed by atoms with Crippen LogP contribution in [0.2, 0.25) is 5.02 Å². The molecule has 5 fully saturated rings. The van der Waals surface area contributed by atoms with E-state index in [1.807, 2.05) is 6.07 Å². The molecule has 2 N–H and O–H groups in total. The van der Waals surface area contributed by atoms with Gasteiger partial charge in [-0.05, 0) is 107 Å². The summed E-state index contributed by atoms with van der Waals surface area (Å²) in [5.41, 5.74) is 2.52. The van der Waals surface area contributed by atoms with Crippen molar-refractivity contribution in [2.45, 2.75) is 82.4 Å². The molecule has 1 aromatic heterocycles. The van der Waals surface area contributed by atoms with Crippen LogP contribution < -0.4 is 25.2 Å². The van der Waals surface area contributed by atoms with Gasteiger partial charge in [-0.3, -0.25) is 34.2 Å². The van der Waals surface area contributed by atoms with Gasteiger partial charge in [-0.25, -0.2) is 9.97 Å². The molecule has 6 aliphatic rings.